The smallest absolute Gasteiger partial charge is 0.124 e. The van der Waals surface area contributed by atoms with Crippen LogP contribution in [0.15, 0.2) is 18.2 Å². The molecule has 0 amide bonds. The van der Waals surface area contributed by atoms with Crippen LogP contribution in [0.2, 0.25) is 0 Å². The maximum absolute atomic E-state index is 5.76. The first-order chi connectivity index (χ1) is 10.2. The minimum Gasteiger partial charge on any atom is -0.494 e. The Morgan fingerprint density at radius 3 is 2.62 bits per heavy atom. The topological polar surface area (TPSA) is 30.5 Å². The first-order valence-corrected chi connectivity index (χ1v) is 8.29. The maximum Gasteiger partial charge on any atom is 0.124 e. The molecule has 0 fully saturated rings. The molecule has 0 aliphatic heterocycles. The Balaban J connectivity index is 2.74. The van der Waals surface area contributed by atoms with Crippen LogP contribution in [-0.2, 0) is 11.3 Å². The van der Waals surface area contributed by atoms with E-state index in [1.807, 2.05) is 6.92 Å². The highest BCUT2D eigenvalue weighted by Crippen LogP contribution is 2.24. The SMILES string of the molecule is CCCCOCc1cc(C(C)NCCC)ccc1OCC. The molecule has 0 aliphatic rings. The molecule has 1 unspecified atom stereocenters. The lowest BCUT2D eigenvalue weighted by molar-refractivity contribution is 0.115. The quantitative estimate of drug-likeness (QED) is 0.611. The average Bonchev–Trinajstić information content (AvgIpc) is 2.50. The standard InChI is InChI=1S/C18H31NO2/c1-5-8-12-20-14-17-13-16(15(4)19-11-6-2)9-10-18(17)21-7-3/h9-10,13,15,19H,5-8,11-12,14H2,1-4H3. The Labute approximate surface area is 130 Å². The summed E-state index contributed by atoms with van der Waals surface area (Å²) in [6, 6.07) is 6.79. The lowest BCUT2D eigenvalue weighted by atomic mass is 10.0. The van der Waals surface area contributed by atoms with E-state index in [0.29, 0.717) is 19.3 Å². The van der Waals surface area contributed by atoms with E-state index in [0.717, 1.165) is 43.7 Å². The molecule has 0 saturated carbocycles. The molecule has 0 aromatic heterocycles. The monoisotopic (exact) mass is 293 g/mol. The van der Waals surface area contributed by atoms with E-state index in [9.17, 15) is 0 Å². The normalized spacial score (nSPS) is 12.4. The zero-order valence-electron chi connectivity index (χ0n) is 14.1. The van der Waals surface area contributed by atoms with Crippen LogP contribution in [0.5, 0.6) is 5.75 Å². The van der Waals surface area contributed by atoms with Gasteiger partial charge in [-0.2, -0.15) is 0 Å². The van der Waals surface area contributed by atoms with Crippen LogP contribution in [0.1, 0.15) is 64.1 Å². The molecule has 0 saturated heterocycles. The lowest BCUT2D eigenvalue weighted by Gasteiger charge is -2.17. The van der Waals surface area contributed by atoms with E-state index in [2.05, 4.69) is 44.3 Å². The van der Waals surface area contributed by atoms with Gasteiger partial charge >= 0.3 is 0 Å². The van der Waals surface area contributed by atoms with Crippen LogP contribution in [-0.4, -0.2) is 19.8 Å². The van der Waals surface area contributed by atoms with Gasteiger partial charge in [0.1, 0.15) is 5.75 Å². The fourth-order valence-electron chi connectivity index (χ4n) is 2.19. The van der Waals surface area contributed by atoms with Crippen LogP contribution in [0, 0.1) is 0 Å². The molecule has 1 N–H and O–H groups in total. The fraction of sp³-hybridized carbons (Fsp3) is 0.667. The van der Waals surface area contributed by atoms with Gasteiger partial charge in [0.05, 0.1) is 13.2 Å². The van der Waals surface area contributed by atoms with Crippen LogP contribution in [0.3, 0.4) is 0 Å². The second-order valence-corrected chi connectivity index (χ2v) is 5.38. The predicted octanol–water partition coefficient (Wildman–Crippen LogP) is 4.46. The van der Waals surface area contributed by atoms with Gasteiger partial charge in [0.25, 0.3) is 0 Å². The summed E-state index contributed by atoms with van der Waals surface area (Å²) in [5.41, 5.74) is 2.44. The zero-order chi connectivity index (χ0) is 15.5. The van der Waals surface area contributed by atoms with Gasteiger partial charge in [-0.15, -0.1) is 0 Å². The number of hydrogen-bond acceptors (Lipinski definition) is 3. The fourth-order valence-corrected chi connectivity index (χ4v) is 2.19. The second-order valence-electron chi connectivity index (χ2n) is 5.38. The van der Waals surface area contributed by atoms with E-state index >= 15 is 0 Å². The van der Waals surface area contributed by atoms with Crippen LogP contribution in [0.4, 0.5) is 0 Å². The highest BCUT2D eigenvalue weighted by Gasteiger charge is 2.10. The minimum atomic E-state index is 0.356. The van der Waals surface area contributed by atoms with Crippen molar-refractivity contribution in [3.63, 3.8) is 0 Å². The first kappa shape index (κ1) is 18.0. The van der Waals surface area contributed by atoms with Gasteiger partial charge in [-0.1, -0.05) is 26.3 Å². The van der Waals surface area contributed by atoms with Crippen LogP contribution < -0.4 is 10.1 Å². The molecule has 1 aromatic rings. The van der Waals surface area contributed by atoms with E-state index in [1.165, 1.54) is 5.56 Å². The molecule has 0 bridgehead atoms. The number of rotatable bonds is 11. The average molecular weight is 293 g/mol. The lowest BCUT2D eigenvalue weighted by Crippen LogP contribution is -2.19. The number of hydrogen-bond donors (Lipinski definition) is 1. The Hall–Kier alpha value is -1.06. The molecule has 1 aromatic carbocycles. The van der Waals surface area contributed by atoms with Crippen LogP contribution in [0.25, 0.3) is 0 Å². The maximum atomic E-state index is 5.76. The van der Waals surface area contributed by atoms with Crippen molar-refractivity contribution < 1.29 is 9.47 Å². The summed E-state index contributed by atoms with van der Waals surface area (Å²) in [4.78, 5) is 0. The van der Waals surface area contributed by atoms with Gasteiger partial charge < -0.3 is 14.8 Å². The summed E-state index contributed by atoms with van der Waals surface area (Å²) in [6.45, 7) is 11.7. The Morgan fingerprint density at radius 1 is 1.14 bits per heavy atom. The summed E-state index contributed by atoms with van der Waals surface area (Å²) in [5, 5.41) is 3.52. The van der Waals surface area contributed by atoms with Crippen molar-refractivity contribution in [1.29, 1.82) is 0 Å². The van der Waals surface area contributed by atoms with E-state index in [4.69, 9.17) is 9.47 Å². The van der Waals surface area contributed by atoms with Gasteiger partial charge in [-0.05, 0) is 50.9 Å². The van der Waals surface area contributed by atoms with E-state index < -0.39 is 0 Å². The molecule has 0 radical (unpaired) electrons. The first-order valence-electron chi connectivity index (χ1n) is 8.29. The highest BCUT2D eigenvalue weighted by molar-refractivity contribution is 5.38. The molecule has 0 heterocycles. The second kappa shape index (κ2) is 10.6. The van der Waals surface area contributed by atoms with Crippen LogP contribution >= 0.6 is 0 Å². The van der Waals surface area contributed by atoms with Crippen molar-refractivity contribution in [3.05, 3.63) is 29.3 Å². The third-order valence-corrected chi connectivity index (χ3v) is 3.48. The zero-order valence-corrected chi connectivity index (χ0v) is 14.1. The van der Waals surface area contributed by atoms with Crippen molar-refractivity contribution in [3.8, 4) is 5.75 Å². The molecule has 120 valence electrons. The van der Waals surface area contributed by atoms with Gasteiger partial charge in [0.2, 0.25) is 0 Å². The van der Waals surface area contributed by atoms with E-state index in [1.54, 1.807) is 0 Å². The van der Waals surface area contributed by atoms with Gasteiger partial charge in [0.15, 0.2) is 0 Å². The largest absolute Gasteiger partial charge is 0.494 e. The summed E-state index contributed by atoms with van der Waals surface area (Å²) in [5.74, 6) is 0.945. The number of nitrogens with one attached hydrogen (secondary N) is 1. The molecular weight excluding hydrogens is 262 g/mol. The molecule has 0 spiro atoms. The molecule has 3 nitrogen and oxygen atoms in total. The number of unbranched alkanes of at least 4 members (excludes halogenated alkanes) is 1. The van der Waals surface area contributed by atoms with Crippen molar-refractivity contribution in [2.24, 2.45) is 0 Å². The van der Waals surface area contributed by atoms with Crippen molar-refractivity contribution >= 4 is 0 Å². The summed E-state index contributed by atoms with van der Waals surface area (Å²) in [6.07, 6.45) is 3.42. The molecule has 0 aliphatic carbocycles. The van der Waals surface area contributed by atoms with E-state index in [-0.39, 0.29) is 0 Å². The molecule has 21 heavy (non-hydrogen) atoms. The Morgan fingerprint density at radius 2 is 1.95 bits per heavy atom. The third kappa shape index (κ3) is 6.49. The number of ether oxygens (including phenoxy) is 2. The Kier molecular flexibility index (Phi) is 9.11. The minimum absolute atomic E-state index is 0.356. The Bertz CT molecular complexity index is 393. The predicted molar refractivity (Wildman–Crippen MR) is 88.9 cm³/mol. The van der Waals surface area contributed by atoms with Gasteiger partial charge in [-0.25, -0.2) is 0 Å². The molecule has 3 heteroatoms. The number of benzene rings is 1. The van der Waals surface area contributed by atoms with Crippen molar-refractivity contribution in [1.82, 2.24) is 5.32 Å². The molecular formula is C18H31NO2. The van der Waals surface area contributed by atoms with Gasteiger partial charge in [0, 0.05) is 18.2 Å². The summed E-state index contributed by atoms with van der Waals surface area (Å²) < 4.78 is 11.5. The highest BCUT2D eigenvalue weighted by atomic mass is 16.5. The van der Waals surface area contributed by atoms with Crippen molar-refractivity contribution in [2.45, 2.75) is 59.6 Å². The van der Waals surface area contributed by atoms with Gasteiger partial charge in [-0.3, -0.25) is 0 Å². The third-order valence-electron chi connectivity index (χ3n) is 3.48. The summed E-state index contributed by atoms with van der Waals surface area (Å²) >= 11 is 0. The summed E-state index contributed by atoms with van der Waals surface area (Å²) in [7, 11) is 0. The molecule has 1 atom stereocenters. The molecule has 1 rings (SSSR count). The van der Waals surface area contributed by atoms with Crippen molar-refractivity contribution in [2.75, 3.05) is 19.8 Å².